The molecule has 12 heavy (non-hydrogen) atoms. The van der Waals surface area contributed by atoms with E-state index in [1.54, 1.807) is 0 Å². The zero-order valence-electron chi connectivity index (χ0n) is 6.97. The van der Waals surface area contributed by atoms with Crippen molar-refractivity contribution < 1.29 is 0 Å². The fraction of sp³-hybridized carbons (Fsp3) is 0.375. The molecule has 66 valence electrons. The summed E-state index contributed by atoms with van der Waals surface area (Å²) in [5.74, 6) is 0.568. The van der Waals surface area contributed by atoms with E-state index in [1.807, 2.05) is 13.0 Å². The molecule has 1 heterocycles. The van der Waals surface area contributed by atoms with Crippen LogP contribution >= 0.6 is 15.9 Å². The summed E-state index contributed by atoms with van der Waals surface area (Å²) in [7, 11) is 0. The number of nitrogens with one attached hydrogen (secondary N) is 1. The van der Waals surface area contributed by atoms with Crippen molar-refractivity contribution in [3.63, 3.8) is 0 Å². The van der Waals surface area contributed by atoms with Crippen LogP contribution in [0.5, 0.6) is 0 Å². The number of hydrogen-bond acceptors (Lipinski definition) is 2. The molecule has 0 saturated heterocycles. The SMILES string of the molecule is Cc1[nH]nc(N)c1C=CCCBr. The molecule has 4 heteroatoms. The smallest absolute Gasteiger partial charge is 0.152 e. The van der Waals surface area contributed by atoms with E-state index in [1.165, 1.54) is 0 Å². The van der Waals surface area contributed by atoms with Gasteiger partial charge in [0.15, 0.2) is 5.82 Å². The monoisotopic (exact) mass is 229 g/mol. The molecule has 1 aromatic rings. The highest BCUT2D eigenvalue weighted by Crippen LogP contribution is 2.14. The van der Waals surface area contributed by atoms with Crippen molar-refractivity contribution in [2.24, 2.45) is 0 Å². The third kappa shape index (κ3) is 2.11. The first-order valence-electron chi connectivity index (χ1n) is 3.78. The summed E-state index contributed by atoms with van der Waals surface area (Å²) in [6.07, 6.45) is 5.07. The van der Waals surface area contributed by atoms with Gasteiger partial charge in [0, 0.05) is 16.6 Å². The molecule has 0 aliphatic heterocycles. The minimum absolute atomic E-state index is 0.568. The van der Waals surface area contributed by atoms with Gasteiger partial charge in [-0.1, -0.05) is 28.1 Å². The van der Waals surface area contributed by atoms with Gasteiger partial charge in [0.2, 0.25) is 0 Å². The minimum Gasteiger partial charge on any atom is -0.382 e. The van der Waals surface area contributed by atoms with Crippen molar-refractivity contribution in [1.82, 2.24) is 10.2 Å². The maximum absolute atomic E-state index is 5.62. The third-order valence-corrected chi connectivity index (χ3v) is 2.04. The van der Waals surface area contributed by atoms with Gasteiger partial charge in [-0.15, -0.1) is 0 Å². The maximum atomic E-state index is 5.62. The van der Waals surface area contributed by atoms with Gasteiger partial charge < -0.3 is 5.73 Å². The summed E-state index contributed by atoms with van der Waals surface area (Å²) in [6.45, 7) is 1.96. The Hall–Kier alpha value is -0.770. The molecule has 0 amide bonds. The Morgan fingerprint density at radius 2 is 2.42 bits per heavy atom. The highest BCUT2D eigenvalue weighted by molar-refractivity contribution is 9.09. The van der Waals surface area contributed by atoms with Gasteiger partial charge in [-0.05, 0) is 13.3 Å². The number of halogens is 1. The molecular weight excluding hydrogens is 218 g/mol. The van der Waals surface area contributed by atoms with E-state index in [2.05, 4.69) is 32.2 Å². The number of rotatable bonds is 3. The van der Waals surface area contributed by atoms with Gasteiger partial charge in [0.25, 0.3) is 0 Å². The van der Waals surface area contributed by atoms with Gasteiger partial charge >= 0.3 is 0 Å². The average Bonchev–Trinajstić information content (AvgIpc) is 2.35. The van der Waals surface area contributed by atoms with Crippen molar-refractivity contribution in [3.8, 4) is 0 Å². The number of anilines is 1. The Bertz CT molecular complexity index is 258. The van der Waals surface area contributed by atoms with Crippen LogP contribution in [0, 0.1) is 6.92 Å². The van der Waals surface area contributed by atoms with Crippen molar-refractivity contribution in [3.05, 3.63) is 17.3 Å². The van der Waals surface area contributed by atoms with Crippen LogP contribution in [0.25, 0.3) is 6.08 Å². The Morgan fingerprint density at radius 1 is 1.67 bits per heavy atom. The standard InChI is InChI=1S/C8H12BrN3/c1-6-7(4-2-3-5-9)8(10)12-11-6/h2,4H,3,5H2,1H3,(H3,10,11,12). The molecule has 3 N–H and O–H groups in total. The van der Waals surface area contributed by atoms with E-state index >= 15 is 0 Å². The van der Waals surface area contributed by atoms with Crippen molar-refractivity contribution >= 4 is 27.8 Å². The summed E-state index contributed by atoms with van der Waals surface area (Å²) in [6, 6.07) is 0. The first kappa shape index (κ1) is 9.32. The highest BCUT2D eigenvalue weighted by Gasteiger charge is 2.01. The number of nitrogen functional groups attached to an aromatic ring is 1. The normalized spacial score (nSPS) is 11.2. The number of allylic oxidation sites excluding steroid dienone is 1. The molecule has 1 aromatic heterocycles. The second-order valence-corrected chi connectivity index (χ2v) is 3.32. The van der Waals surface area contributed by atoms with Gasteiger partial charge in [0.1, 0.15) is 0 Å². The summed E-state index contributed by atoms with van der Waals surface area (Å²) in [4.78, 5) is 0. The Balaban J connectivity index is 2.73. The lowest BCUT2D eigenvalue weighted by Gasteiger charge is -1.90. The molecule has 3 nitrogen and oxygen atoms in total. The number of aryl methyl sites for hydroxylation is 1. The molecule has 0 aromatic carbocycles. The van der Waals surface area contributed by atoms with Crippen LogP contribution in [0.3, 0.4) is 0 Å². The molecule has 0 spiro atoms. The van der Waals surface area contributed by atoms with Crippen LogP contribution in [0.2, 0.25) is 0 Å². The fourth-order valence-electron chi connectivity index (χ4n) is 0.931. The van der Waals surface area contributed by atoms with Crippen LogP contribution in [0.1, 0.15) is 17.7 Å². The Morgan fingerprint density at radius 3 is 2.92 bits per heavy atom. The molecule has 1 rings (SSSR count). The molecule has 0 aliphatic carbocycles. The fourth-order valence-corrected chi connectivity index (χ4v) is 1.20. The molecule has 0 fully saturated rings. The first-order chi connectivity index (χ1) is 5.75. The summed E-state index contributed by atoms with van der Waals surface area (Å²) >= 11 is 3.34. The van der Waals surface area contributed by atoms with E-state index in [0.29, 0.717) is 5.82 Å². The molecule has 0 unspecified atom stereocenters. The third-order valence-electron chi connectivity index (χ3n) is 1.58. The van der Waals surface area contributed by atoms with Crippen LogP contribution in [-0.4, -0.2) is 15.5 Å². The van der Waals surface area contributed by atoms with Gasteiger partial charge in [-0.2, -0.15) is 5.10 Å². The average molecular weight is 230 g/mol. The van der Waals surface area contributed by atoms with E-state index in [-0.39, 0.29) is 0 Å². The molecule has 0 aliphatic rings. The van der Waals surface area contributed by atoms with E-state index in [9.17, 15) is 0 Å². The number of hydrogen-bond donors (Lipinski definition) is 2. The molecule has 0 radical (unpaired) electrons. The number of nitrogens with two attached hydrogens (primary N) is 1. The highest BCUT2D eigenvalue weighted by atomic mass is 79.9. The van der Waals surface area contributed by atoms with Crippen molar-refractivity contribution in [1.29, 1.82) is 0 Å². The molecule has 0 atom stereocenters. The summed E-state index contributed by atoms with van der Waals surface area (Å²) in [5, 5.41) is 7.68. The van der Waals surface area contributed by atoms with E-state index < -0.39 is 0 Å². The predicted molar refractivity (Wildman–Crippen MR) is 55.2 cm³/mol. The number of aromatic amines is 1. The van der Waals surface area contributed by atoms with E-state index in [4.69, 9.17) is 5.73 Å². The number of H-pyrrole nitrogens is 1. The number of nitrogens with zero attached hydrogens (tertiary/aromatic N) is 1. The van der Waals surface area contributed by atoms with Crippen LogP contribution in [-0.2, 0) is 0 Å². The zero-order valence-corrected chi connectivity index (χ0v) is 8.56. The van der Waals surface area contributed by atoms with Gasteiger partial charge in [-0.25, -0.2) is 0 Å². The van der Waals surface area contributed by atoms with Crippen LogP contribution in [0.15, 0.2) is 6.08 Å². The Labute approximate surface area is 80.2 Å². The maximum Gasteiger partial charge on any atom is 0.152 e. The lowest BCUT2D eigenvalue weighted by molar-refractivity contribution is 1.05. The van der Waals surface area contributed by atoms with E-state index in [0.717, 1.165) is 23.0 Å². The van der Waals surface area contributed by atoms with Crippen molar-refractivity contribution in [2.75, 3.05) is 11.1 Å². The molecular formula is C8H12BrN3. The number of aromatic nitrogens is 2. The molecule has 0 bridgehead atoms. The van der Waals surface area contributed by atoms with Gasteiger partial charge in [-0.3, -0.25) is 5.10 Å². The minimum atomic E-state index is 0.568. The van der Waals surface area contributed by atoms with Crippen LogP contribution in [0.4, 0.5) is 5.82 Å². The summed E-state index contributed by atoms with van der Waals surface area (Å²) in [5.41, 5.74) is 7.63. The largest absolute Gasteiger partial charge is 0.382 e. The lowest BCUT2D eigenvalue weighted by atomic mass is 10.2. The topological polar surface area (TPSA) is 54.7 Å². The quantitative estimate of drug-likeness (QED) is 0.781. The zero-order chi connectivity index (χ0) is 8.97. The van der Waals surface area contributed by atoms with Crippen molar-refractivity contribution in [2.45, 2.75) is 13.3 Å². The molecule has 0 saturated carbocycles. The number of alkyl halides is 1. The summed E-state index contributed by atoms with van der Waals surface area (Å²) < 4.78 is 0. The second kappa shape index (κ2) is 4.30. The lowest BCUT2D eigenvalue weighted by Crippen LogP contribution is -1.86. The predicted octanol–water partition coefficient (Wildman–Crippen LogP) is 2.10. The van der Waals surface area contributed by atoms with Gasteiger partial charge in [0.05, 0.1) is 0 Å². The first-order valence-corrected chi connectivity index (χ1v) is 4.90. The Kier molecular flexibility index (Phi) is 3.34. The second-order valence-electron chi connectivity index (χ2n) is 2.53. The van der Waals surface area contributed by atoms with Crippen LogP contribution < -0.4 is 5.73 Å².